The summed E-state index contributed by atoms with van der Waals surface area (Å²) in [6.07, 6.45) is -0.0465. The first-order chi connectivity index (χ1) is 15.5. The maximum absolute atomic E-state index is 13.0. The zero-order valence-electron chi connectivity index (χ0n) is 17.2. The van der Waals surface area contributed by atoms with E-state index >= 15 is 0 Å². The number of benzene rings is 2. The number of halogens is 2. The highest BCUT2D eigenvalue weighted by atomic mass is 32.2. The lowest BCUT2D eigenvalue weighted by Gasteiger charge is -2.11. The summed E-state index contributed by atoms with van der Waals surface area (Å²) in [6, 6.07) is 15.7. The minimum atomic E-state index is -2.67. The third kappa shape index (κ3) is 6.28. The number of carbonyl (C=O) groups is 1. The van der Waals surface area contributed by atoms with E-state index in [0.717, 1.165) is 5.56 Å². The molecule has 0 N–H and O–H groups in total. The molecule has 7 nitrogen and oxygen atoms in total. The van der Waals surface area contributed by atoms with Gasteiger partial charge >= 0.3 is 5.97 Å². The number of esters is 1. The molecule has 0 unspecified atom stereocenters. The lowest BCUT2D eigenvalue weighted by Crippen LogP contribution is -2.11. The molecule has 3 rings (SSSR count). The zero-order valence-corrected chi connectivity index (χ0v) is 18.0. The van der Waals surface area contributed by atoms with Gasteiger partial charge in [0.2, 0.25) is 0 Å². The Bertz CT molecular complexity index is 1080. The second-order valence-corrected chi connectivity index (χ2v) is 7.47. The number of rotatable bonds is 10. The number of nitrogens with zero attached hydrogens (tertiary/aromatic N) is 4. The van der Waals surface area contributed by atoms with Crippen molar-refractivity contribution in [3.8, 4) is 23.2 Å². The fraction of sp³-hybridized carbons (Fsp3) is 0.273. The van der Waals surface area contributed by atoms with E-state index in [2.05, 4.69) is 10.2 Å². The summed E-state index contributed by atoms with van der Waals surface area (Å²) in [6.45, 7) is 2.53. The van der Waals surface area contributed by atoms with Crippen molar-refractivity contribution in [2.75, 3.05) is 6.61 Å². The molecule has 0 aliphatic rings. The Hall–Kier alpha value is -3.45. The Morgan fingerprint density at radius 2 is 1.88 bits per heavy atom. The molecule has 0 amide bonds. The Labute approximate surface area is 188 Å². The van der Waals surface area contributed by atoms with Crippen LogP contribution in [0.1, 0.15) is 24.5 Å². The van der Waals surface area contributed by atoms with Crippen LogP contribution >= 0.6 is 11.8 Å². The number of hydrogen-bond donors (Lipinski definition) is 0. The molecule has 3 aromatic rings. The smallest absolute Gasteiger partial charge is 0.307 e. The molecule has 32 heavy (non-hydrogen) atoms. The van der Waals surface area contributed by atoms with Gasteiger partial charge in [0.25, 0.3) is 5.76 Å². The standard InChI is InChI=1S/C22H20F2N4O3S/c1-2-30-18-9-7-17(8-10-18)20-26-27-22(32-21(23)24)28(20)12-11-19(29)31-14-16-5-3-15(13-25)4-6-16/h3-10,21H,2,11-12,14H2,1H3. The number of nitriles is 1. The lowest BCUT2D eigenvalue weighted by molar-refractivity contribution is -0.145. The second-order valence-electron chi connectivity index (χ2n) is 6.51. The molecule has 1 aromatic heterocycles. The number of ether oxygens (including phenoxy) is 2. The van der Waals surface area contributed by atoms with E-state index in [1.807, 2.05) is 13.0 Å². The molecule has 2 aromatic carbocycles. The van der Waals surface area contributed by atoms with Crippen LogP contribution in [0.15, 0.2) is 53.7 Å². The highest BCUT2D eigenvalue weighted by Crippen LogP contribution is 2.29. The van der Waals surface area contributed by atoms with Crippen LogP contribution in [0.3, 0.4) is 0 Å². The van der Waals surface area contributed by atoms with Gasteiger partial charge < -0.3 is 14.0 Å². The largest absolute Gasteiger partial charge is 0.494 e. The number of thioether (sulfide) groups is 1. The molecule has 0 bridgehead atoms. The normalized spacial score (nSPS) is 10.7. The molecule has 0 fully saturated rings. The molecule has 0 spiro atoms. The fourth-order valence-electron chi connectivity index (χ4n) is 2.85. The fourth-order valence-corrected chi connectivity index (χ4v) is 3.40. The second kappa shape index (κ2) is 11.2. The predicted molar refractivity (Wildman–Crippen MR) is 114 cm³/mol. The van der Waals surface area contributed by atoms with Crippen molar-refractivity contribution >= 4 is 17.7 Å². The van der Waals surface area contributed by atoms with E-state index in [1.165, 1.54) is 4.57 Å². The van der Waals surface area contributed by atoms with Crippen molar-refractivity contribution in [2.45, 2.75) is 37.4 Å². The molecule has 0 atom stereocenters. The summed E-state index contributed by atoms with van der Waals surface area (Å²) >= 11 is 0.270. The van der Waals surface area contributed by atoms with E-state index in [-0.39, 0.29) is 36.5 Å². The van der Waals surface area contributed by atoms with Crippen LogP contribution in [-0.4, -0.2) is 33.1 Å². The Morgan fingerprint density at radius 1 is 1.16 bits per heavy atom. The van der Waals surface area contributed by atoms with Crippen LogP contribution in [0.25, 0.3) is 11.4 Å². The maximum Gasteiger partial charge on any atom is 0.307 e. The van der Waals surface area contributed by atoms with Crippen LogP contribution in [-0.2, 0) is 22.7 Å². The van der Waals surface area contributed by atoms with Gasteiger partial charge in [-0.2, -0.15) is 14.0 Å². The molecule has 0 aliphatic carbocycles. The van der Waals surface area contributed by atoms with Crippen molar-refractivity contribution in [1.29, 1.82) is 5.26 Å². The quantitative estimate of drug-likeness (QED) is 0.322. The van der Waals surface area contributed by atoms with Crippen LogP contribution in [0, 0.1) is 11.3 Å². The molecule has 10 heteroatoms. The van der Waals surface area contributed by atoms with E-state index in [4.69, 9.17) is 14.7 Å². The minimum absolute atomic E-state index is 0.0174. The average molecular weight is 458 g/mol. The van der Waals surface area contributed by atoms with E-state index in [9.17, 15) is 13.6 Å². The monoisotopic (exact) mass is 458 g/mol. The molecule has 0 saturated carbocycles. The Morgan fingerprint density at radius 3 is 2.50 bits per heavy atom. The Balaban J connectivity index is 1.68. The van der Waals surface area contributed by atoms with Crippen LogP contribution < -0.4 is 4.74 Å². The van der Waals surface area contributed by atoms with Gasteiger partial charge in [0.1, 0.15) is 12.4 Å². The first kappa shape index (κ1) is 23.2. The van der Waals surface area contributed by atoms with Crippen LogP contribution in [0.4, 0.5) is 8.78 Å². The summed E-state index contributed by atoms with van der Waals surface area (Å²) in [7, 11) is 0. The molecular weight excluding hydrogens is 438 g/mol. The average Bonchev–Trinajstić information content (AvgIpc) is 3.19. The SMILES string of the molecule is CCOc1ccc(-c2nnc(SC(F)F)n2CCC(=O)OCc2ccc(C#N)cc2)cc1. The highest BCUT2D eigenvalue weighted by molar-refractivity contribution is 7.99. The topological polar surface area (TPSA) is 90.0 Å². The van der Waals surface area contributed by atoms with E-state index in [0.29, 0.717) is 29.3 Å². The third-order valence-electron chi connectivity index (χ3n) is 4.36. The van der Waals surface area contributed by atoms with Gasteiger partial charge in [0.05, 0.1) is 24.7 Å². The van der Waals surface area contributed by atoms with E-state index in [1.54, 1.807) is 48.5 Å². The van der Waals surface area contributed by atoms with Crippen molar-refractivity contribution in [3.63, 3.8) is 0 Å². The van der Waals surface area contributed by atoms with Gasteiger partial charge in [-0.1, -0.05) is 12.1 Å². The Kier molecular flexibility index (Phi) is 8.16. The first-order valence-electron chi connectivity index (χ1n) is 9.76. The van der Waals surface area contributed by atoms with Crippen molar-refractivity contribution in [1.82, 2.24) is 14.8 Å². The van der Waals surface area contributed by atoms with Gasteiger partial charge in [-0.15, -0.1) is 10.2 Å². The van der Waals surface area contributed by atoms with Crippen LogP contribution in [0.5, 0.6) is 5.75 Å². The zero-order chi connectivity index (χ0) is 22.9. The van der Waals surface area contributed by atoms with Crippen molar-refractivity contribution < 1.29 is 23.0 Å². The van der Waals surface area contributed by atoms with Gasteiger partial charge in [-0.05, 0) is 60.6 Å². The number of alkyl halides is 2. The number of hydrogen-bond acceptors (Lipinski definition) is 7. The highest BCUT2D eigenvalue weighted by Gasteiger charge is 2.19. The molecule has 166 valence electrons. The van der Waals surface area contributed by atoms with Gasteiger partial charge in [-0.3, -0.25) is 4.79 Å². The summed E-state index contributed by atoms with van der Waals surface area (Å²) in [5.74, 6) is -2.12. The van der Waals surface area contributed by atoms with Gasteiger partial charge in [0.15, 0.2) is 11.0 Å². The van der Waals surface area contributed by atoms with Crippen LogP contribution in [0.2, 0.25) is 0 Å². The van der Waals surface area contributed by atoms with Crippen molar-refractivity contribution in [3.05, 3.63) is 59.7 Å². The molecule has 0 radical (unpaired) electrons. The molecule has 1 heterocycles. The summed E-state index contributed by atoms with van der Waals surface area (Å²) in [5, 5.41) is 16.7. The third-order valence-corrected chi connectivity index (χ3v) is 5.05. The number of aromatic nitrogens is 3. The summed E-state index contributed by atoms with van der Waals surface area (Å²) in [5.41, 5.74) is 1.91. The first-order valence-corrected chi connectivity index (χ1v) is 10.6. The lowest BCUT2D eigenvalue weighted by atomic mass is 10.2. The molecule has 0 saturated heterocycles. The predicted octanol–water partition coefficient (Wildman–Crippen LogP) is 4.66. The minimum Gasteiger partial charge on any atom is -0.494 e. The number of carbonyl (C=O) groups excluding carboxylic acids is 1. The maximum atomic E-state index is 13.0. The van der Waals surface area contributed by atoms with E-state index < -0.39 is 11.7 Å². The van der Waals surface area contributed by atoms with Crippen molar-refractivity contribution in [2.24, 2.45) is 0 Å². The molecule has 0 aliphatic heterocycles. The van der Waals surface area contributed by atoms with Gasteiger partial charge in [0, 0.05) is 12.1 Å². The summed E-state index contributed by atoms with van der Waals surface area (Å²) < 4.78 is 38.1. The summed E-state index contributed by atoms with van der Waals surface area (Å²) in [4.78, 5) is 12.2. The molecular formula is C22H20F2N4O3S. The van der Waals surface area contributed by atoms with Gasteiger partial charge in [-0.25, -0.2) is 0 Å².